The molecule has 0 saturated heterocycles. The van der Waals surface area contributed by atoms with Crippen LogP contribution in [0.2, 0.25) is 0 Å². The highest BCUT2D eigenvalue weighted by Crippen LogP contribution is 2.30. The van der Waals surface area contributed by atoms with E-state index in [0.717, 1.165) is 20.2 Å². The first-order valence-electron chi connectivity index (χ1n) is 6.09. The van der Waals surface area contributed by atoms with Gasteiger partial charge in [-0.2, -0.15) is 0 Å². The van der Waals surface area contributed by atoms with Gasteiger partial charge in [-0.1, -0.05) is 11.8 Å². The van der Waals surface area contributed by atoms with Crippen LogP contribution in [0.15, 0.2) is 34.7 Å². The number of rotatable bonds is 3. The molecular weight excluding hydrogens is 306 g/mol. The number of tetrazole rings is 1. The first-order valence-corrected chi connectivity index (χ1v) is 8.13. The molecule has 104 valence electrons. The molecule has 0 unspecified atom stereocenters. The third-order valence-electron chi connectivity index (χ3n) is 2.89. The van der Waals surface area contributed by atoms with Gasteiger partial charge in [0.2, 0.25) is 0 Å². The van der Waals surface area contributed by atoms with Crippen molar-refractivity contribution in [1.29, 1.82) is 0 Å². The van der Waals surface area contributed by atoms with Crippen LogP contribution in [0.25, 0.3) is 15.9 Å². The number of aromatic nitrogens is 6. The summed E-state index contributed by atoms with van der Waals surface area (Å²) in [5.74, 6) is 0.684. The van der Waals surface area contributed by atoms with Gasteiger partial charge in [0.05, 0.1) is 10.2 Å². The molecule has 3 aromatic heterocycles. The van der Waals surface area contributed by atoms with E-state index < -0.39 is 0 Å². The van der Waals surface area contributed by atoms with Crippen LogP contribution in [0.3, 0.4) is 0 Å². The van der Waals surface area contributed by atoms with E-state index in [-0.39, 0.29) is 0 Å². The molecule has 0 aliphatic rings. The van der Waals surface area contributed by atoms with Crippen LogP contribution >= 0.6 is 23.1 Å². The molecule has 1 aromatic carbocycles. The summed E-state index contributed by atoms with van der Waals surface area (Å²) in [6, 6.07) is 9.71. The van der Waals surface area contributed by atoms with Crippen molar-refractivity contribution < 1.29 is 0 Å². The van der Waals surface area contributed by atoms with Gasteiger partial charge >= 0.3 is 0 Å². The Balaban J connectivity index is 1.69. The summed E-state index contributed by atoms with van der Waals surface area (Å²) in [7, 11) is 0. The number of anilines is 2. The molecule has 0 amide bonds. The zero-order valence-corrected chi connectivity index (χ0v) is 12.5. The molecular formula is C12H9N7S2. The van der Waals surface area contributed by atoms with E-state index in [4.69, 9.17) is 0 Å². The van der Waals surface area contributed by atoms with E-state index in [1.807, 2.05) is 30.5 Å². The quantitative estimate of drug-likeness (QED) is 0.582. The molecule has 9 heteroatoms. The molecule has 4 aromatic rings. The Kier molecular flexibility index (Phi) is 2.93. The van der Waals surface area contributed by atoms with Crippen LogP contribution < -0.4 is 5.32 Å². The van der Waals surface area contributed by atoms with Crippen molar-refractivity contribution in [3.8, 4) is 0 Å². The Bertz CT molecular complexity index is 930. The predicted octanol–water partition coefficient (Wildman–Crippen LogP) is 2.59. The molecule has 0 saturated carbocycles. The number of hydrogen-bond donors (Lipinski definition) is 1. The van der Waals surface area contributed by atoms with Gasteiger partial charge in [0.1, 0.15) is 0 Å². The lowest BCUT2D eigenvalue weighted by molar-refractivity contribution is 0.736. The predicted molar refractivity (Wildman–Crippen MR) is 83.3 cm³/mol. The largest absolute Gasteiger partial charge is 0.339 e. The van der Waals surface area contributed by atoms with Crippen molar-refractivity contribution >= 4 is 50.5 Å². The topological polar surface area (TPSA) is 80.9 Å². The Hall–Kier alpha value is -2.26. The summed E-state index contributed by atoms with van der Waals surface area (Å²) in [6.45, 7) is 0. The minimum atomic E-state index is 0.614. The van der Waals surface area contributed by atoms with E-state index in [1.165, 1.54) is 4.63 Å². The molecule has 21 heavy (non-hydrogen) atoms. The van der Waals surface area contributed by atoms with Gasteiger partial charge in [-0.25, -0.2) is 4.98 Å². The van der Waals surface area contributed by atoms with Crippen molar-refractivity contribution in [2.75, 3.05) is 11.6 Å². The van der Waals surface area contributed by atoms with Crippen molar-refractivity contribution in [3.63, 3.8) is 0 Å². The average Bonchev–Trinajstić information content (AvgIpc) is 3.11. The number of thiazole rings is 1. The highest BCUT2D eigenvalue weighted by molar-refractivity contribution is 8.00. The lowest BCUT2D eigenvalue weighted by Gasteiger charge is -2.04. The second-order valence-electron chi connectivity index (χ2n) is 4.24. The molecule has 3 heterocycles. The van der Waals surface area contributed by atoms with E-state index in [9.17, 15) is 0 Å². The molecule has 4 rings (SSSR count). The summed E-state index contributed by atoms with van der Waals surface area (Å²) >= 11 is 3.34. The summed E-state index contributed by atoms with van der Waals surface area (Å²) in [6.07, 6.45) is 2.03. The number of thioether (sulfide) groups is 1. The monoisotopic (exact) mass is 315 g/mol. The van der Waals surface area contributed by atoms with Gasteiger partial charge in [-0.15, -0.1) is 26.2 Å². The van der Waals surface area contributed by atoms with Gasteiger partial charge in [0.25, 0.3) is 0 Å². The van der Waals surface area contributed by atoms with Crippen LogP contribution in [0, 0.1) is 0 Å². The SMILES string of the molecule is CSc1nc2ccc(Nc3ccc4nnnn4n3)cc2s1. The minimum absolute atomic E-state index is 0.614. The third-order valence-corrected chi connectivity index (χ3v) is 4.89. The number of nitrogens with zero attached hydrogens (tertiary/aromatic N) is 6. The van der Waals surface area contributed by atoms with E-state index in [1.54, 1.807) is 23.1 Å². The second kappa shape index (κ2) is 4.93. The first kappa shape index (κ1) is 12.5. The van der Waals surface area contributed by atoms with Gasteiger partial charge in [0, 0.05) is 5.69 Å². The van der Waals surface area contributed by atoms with Crippen LogP contribution in [0.5, 0.6) is 0 Å². The fraction of sp³-hybridized carbons (Fsp3) is 0.0833. The number of fused-ring (bicyclic) bond motifs is 2. The maximum atomic E-state index is 4.52. The second-order valence-corrected chi connectivity index (χ2v) is 6.32. The Labute approximate surface area is 127 Å². The van der Waals surface area contributed by atoms with E-state index >= 15 is 0 Å². The average molecular weight is 315 g/mol. The molecule has 0 aliphatic carbocycles. The molecule has 0 bridgehead atoms. The van der Waals surface area contributed by atoms with Gasteiger partial charge < -0.3 is 5.32 Å². The summed E-state index contributed by atoms with van der Waals surface area (Å²) in [4.78, 5) is 4.52. The smallest absolute Gasteiger partial charge is 0.200 e. The van der Waals surface area contributed by atoms with Crippen molar-refractivity contribution in [3.05, 3.63) is 30.3 Å². The normalized spacial score (nSPS) is 11.3. The Morgan fingerprint density at radius 1 is 1.24 bits per heavy atom. The molecule has 0 radical (unpaired) electrons. The van der Waals surface area contributed by atoms with Gasteiger partial charge in [0.15, 0.2) is 15.8 Å². The number of nitrogens with one attached hydrogen (secondary N) is 1. The maximum Gasteiger partial charge on any atom is 0.200 e. The summed E-state index contributed by atoms with van der Waals surface area (Å²) in [5, 5.41) is 18.7. The maximum absolute atomic E-state index is 4.52. The number of benzene rings is 1. The van der Waals surface area contributed by atoms with Gasteiger partial charge in [-0.05, 0) is 47.0 Å². The molecule has 7 nitrogen and oxygen atoms in total. The molecule has 1 N–H and O–H groups in total. The van der Waals surface area contributed by atoms with Crippen LogP contribution in [0.4, 0.5) is 11.5 Å². The van der Waals surface area contributed by atoms with Crippen LogP contribution in [-0.2, 0) is 0 Å². The Morgan fingerprint density at radius 2 is 2.19 bits per heavy atom. The standard InChI is InChI=1S/C12H9N7S2/c1-20-12-14-8-3-2-7(6-9(8)21-12)13-10-4-5-11-15-17-18-19(11)16-10/h2-6H,1H3,(H,13,16). The summed E-state index contributed by atoms with van der Waals surface area (Å²) < 4.78 is 3.60. The lowest BCUT2D eigenvalue weighted by atomic mass is 10.3. The van der Waals surface area contributed by atoms with Crippen LogP contribution in [0.1, 0.15) is 0 Å². The van der Waals surface area contributed by atoms with Crippen molar-refractivity contribution in [2.24, 2.45) is 0 Å². The molecule has 0 atom stereocenters. The molecule has 0 spiro atoms. The lowest BCUT2D eigenvalue weighted by Crippen LogP contribution is -2.00. The van der Waals surface area contributed by atoms with Gasteiger partial charge in [-0.3, -0.25) is 0 Å². The fourth-order valence-corrected chi connectivity index (χ4v) is 3.46. The van der Waals surface area contributed by atoms with E-state index in [2.05, 4.69) is 37.0 Å². The van der Waals surface area contributed by atoms with Crippen molar-refractivity contribution in [2.45, 2.75) is 4.34 Å². The minimum Gasteiger partial charge on any atom is -0.339 e. The Morgan fingerprint density at radius 3 is 3.10 bits per heavy atom. The van der Waals surface area contributed by atoms with Crippen molar-refractivity contribution in [1.82, 2.24) is 30.2 Å². The highest BCUT2D eigenvalue weighted by atomic mass is 32.2. The molecule has 0 aliphatic heterocycles. The zero-order valence-electron chi connectivity index (χ0n) is 10.9. The summed E-state index contributed by atoms with van der Waals surface area (Å²) in [5.41, 5.74) is 2.58. The first-order chi connectivity index (χ1) is 10.3. The zero-order chi connectivity index (χ0) is 14.2. The fourth-order valence-electron chi connectivity index (χ4n) is 1.93. The molecule has 0 fully saturated rings. The van der Waals surface area contributed by atoms with Crippen LogP contribution in [-0.4, -0.2) is 36.5 Å². The third kappa shape index (κ3) is 2.30. The number of hydrogen-bond acceptors (Lipinski definition) is 8. The van der Waals surface area contributed by atoms with E-state index in [0.29, 0.717) is 11.5 Å². The highest BCUT2D eigenvalue weighted by Gasteiger charge is 2.05.